The highest BCUT2D eigenvalue weighted by Crippen LogP contribution is 2.68. The van der Waals surface area contributed by atoms with Gasteiger partial charge < -0.3 is 14.8 Å². The minimum absolute atomic E-state index is 0.0453. The van der Waals surface area contributed by atoms with Crippen LogP contribution in [0.25, 0.3) is 22.3 Å². The van der Waals surface area contributed by atoms with Crippen molar-refractivity contribution < 1.29 is 32.8 Å². The summed E-state index contributed by atoms with van der Waals surface area (Å²) in [5.41, 5.74) is 4.31. The predicted molar refractivity (Wildman–Crippen MR) is 196 cm³/mol. The molecule has 1 saturated carbocycles. The lowest BCUT2D eigenvalue weighted by Gasteiger charge is -2.56. The molecule has 4 fully saturated rings. The van der Waals surface area contributed by atoms with Crippen LogP contribution in [0.4, 0.5) is 14.5 Å². The average Bonchev–Trinajstić information content (AvgIpc) is 3.97. The molecule has 13 nitrogen and oxygen atoms in total. The fourth-order valence-corrected chi connectivity index (χ4v) is 9.91. The number of nitrogens with zero attached hydrogens (tertiary/aromatic N) is 5. The number of imide groups is 2. The first-order chi connectivity index (χ1) is 26.4. The van der Waals surface area contributed by atoms with Crippen molar-refractivity contribution in [3.8, 4) is 11.4 Å². The van der Waals surface area contributed by atoms with Gasteiger partial charge in [-0.05, 0) is 61.6 Å². The zero-order valence-corrected chi connectivity index (χ0v) is 30.3. The number of hydrogen-bond acceptors (Lipinski definition) is 8. The molecule has 4 aromatic rings. The number of piperidine rings is 1. The second-order valence-corrected chi connectivity index (χ2v) is 16.4. The summed E-state index contributed by atoms with van der Waals surface area (Å²) in [6.07, 6.45) is 1.89. The second-order valence-electron chi connectivity index (χ2n) is 16.4. The van der Waals surface area contributed by atoms with Crippen LogP contribution >= 0.6 is 0 Å². The van der Waals surface area contributed by atoms with E-state index < -0.39 is 46.9 Å². The highest BCUT2D eigenvalue weighted by atomic mass is 19.3. The van der Waals surface area contributed by atoms with Crippen LogP contribution in [0.2, 0.25) is 0 Å². The molecule has 4 aliphatic heterocycles. The number of hydrogen-bond donors (Lipinski definition) is 3. The molecule has 3 aliphatic carbocycles. The Labute approximate surface area is 314 Å². The number of nitrogens with one attached hydrogen (secondary N) is 3. The Balaban J connectivity index is 0.750. The number of amides is 5. The molecule has 6 heterocycles. The number of aromatic amines is 2. The van der Waals surface area contributed by atoms with Gasteiger partial charge in [0.2, 0.25) is 11.8 Å². The molecular weight excluding hydrogens is 710 g/mol. The Morgan fingerprint density at radius 2 is 1.75 bits per heavy atom. The summed E-state index contributed by atoms with van der Waals surface area (Å²) in [6, 6.07) is 11.7. The molecule has 5 amide bonds. The number of piperazine rings is 1. The molecule has 55 heavy (non-hydrogen) atoms. The summed E-state index contributed by atoms with van der Waals surface area (Å²) in [5, 5.41) is 10.6. The number of anilines is 1. The summed E-state index contributed by atoms with van der Waals surface area (Å²) in [6.45, 7) is 6.82. The van der Waals surface area contributed by atoms with Gasteiger partial charge in [-0.2, -0.15) is 5.10 Å². The molecule has 4 atom stereocenters. The number of H-pyrrole nitrogens is 2. The molecule has 2 aromatic carbocycles. The summed E-state index contributed by atoms with van der Waals surface area (Å²) in [7, 11) is 0. The fourth-order valence-electron chi connectivity index (χ4n) is 9.91. The molecule has 2 bridgehead atoms. The number of alkyl halides is 2. The van der Waals surface area contributed by atoms with Crippen LogP contribution in [0.5, 0.6) is 0 Å². The molecule has 15 heteroatoms. The summed E-state index contributed by atoms with van der Waals surface area (Å²) >= 11 is 0. The first kappa shape index (κ1) is 34.1. The van der Waals surface area contributed by atoms with Gasteiger partial charge in [-0.3, -0.25) is 44.2 Å². The van der Waals surface area contributed by atoms with Crippen LogP contribution in [0.15, 0.2) is 42.5 Å². The number of carbonyl (C=O) groups excluding carboxylic acids is 5. The van der Waals surface area contributed by atoms with Crippen molar-refractivity contribution in [2.75, 3.05) is 50.7 Å². The van der Waals surface area contributed by atoms with Crippen molar-refractivity contribution in [3.63, 3.8) is 0 Å². The van der Waals surface area contributed by atoms with Crippen LogP contribution in [-0.4, -0.2) is 117 Å². The van der Waals surface area contributed by atoms with Crippen molar-refractivity contribution >= 4 is 46.1 Å². The minimum Gasteiger partial charge on any atom is -0.371 e. The van der Waals surface area contributed by atoms with Gasteiger partial charge in [-0.25, -0.2) is 8.78 Å². The molecule has 2 unspecified atom stereocenters. The number of halogens is 2. The topological polar surface area (TPSA) is 155 Å². The Morgan fingerprint density at radius 1 is 0.945 bits per heavy atom. The molecule has 3 saturated heterocycles. The van der Waals surface area contributed by atoms with E-state index in [1.54, 1.807) is 19.1 Å². The van der Waals surface area contributed by atoms with Crippen LogP contribution in [-0.2, 0) is 16.0 Å². The van der Waals surface area contributed by atoms with Gasteiger partial charge in [0.25, 0.3) is 23.6 Å². The fraction of sp³-hybridized carbons (Fsp3) is 0.450. The van der Waals surface area contributed by atoms with E-state index in [1.165, 1.54) is 0 Å². The lowest BCUT2D eigenvalue weighted by molar-refractivity contribution is -0.220. The smallest absolute Gasteiger partial charge is 0.262 e. The third-order valence-electron chi connectivity index (χ3n) is 13.1. The van der Waals surface area contributed by atoms with E-state index in [9.17, 15) is 24.0 Å². The van der Waals surface area contributed by atoms with E-state index in [4.69, 9.17) is 0 Å². The Morgan fingerprint density at radius 3 is 2.53 bits per heavy atom. The molecule has 0 radical (unpaired) electrons. The molecule has 2 aromatic heterocycles. The van der Waals surface area contributed by atoms with E-state index >= 15 is 8.78 Å². The number of carbonyl (C=O) groups is 5. The maximum Gasteiger partial charge on any atom is 0.262 e. The van der Waals surface area contributed by atoms with Gasteiger partial charge >= 0.3 is 0 Å². The summed E-state index contributed by atoms with van der Waals surface area (Å²) < 4.78 is 30.0. The molecule has 7 aliphatic rings. The number of aromatic nitrogens is 3. The van der Waals surface area contributed by atoms with E-state index in [1.807, 2.05) is 35.2 Å². The highest BCUT2D eigenvalue weighted by Gasteiger charge is 2.70. The van der Waals surface area contributed by atoms with E-state index in [0.717, 1.165) is 66.3 Å². The lowest BCUT2D eigenvalue weighted by atomic mass is 9.51. The highest BCUT2D eigenvalue weighted by molar-refractivity contribution is 6.23. The Bertz CT molecular complexity index is 2350. The van der Waals surface area contributed by atoms with Crippen molar-refractivity contribution in [1.29, 1.82) is 0 Å². The minimum atomic E-state index is -2.76. The van der Waals surface area contributed by atoms with Gasteiger partial charge in [0, 0.05) is 97.5 Å². The van der Waals surface area contributed by atoms with E-state index in [-0.39, 0.29) is 36.3 Å². The third-order valence-corrected chi connectivity index (χ3v) is 13.1. The van der Waals surface area contributed by atoms with Crippen molar-refractivity contribution in [3.05, 3.63) is 70.4 Å². The molecule has 284 valence electrons. The van der Waals surface area contributed by atoms with Gasteiger partial charge in [0.1, 0.15) is 11.7 Å². The van der Waals surface area contributed by atoms with Gasteiger partial charge in [-0.15, -0.1) is 0 Å². The first-order valence-electron chi connectivity index (χ1n) is 19.1. The second kappa shape index (κ2) is 12.0. The SMILES string of the molecule is C[C@@]12Cc3[nH]nc(-c4cc5ccc(C(=O)N6CCN(C[C@H]7CCN(c8ccc9c(c8)C(=O)N(C8CCC(=O)NC8=O)C9=O)C7)CC6)cc5[nH]4)c3C(C1)C2(F)F. The number of fused-ring (bicyclic) bond motifs is 2. The van der Waals surface area contributed by atoms with Gasteiger partial charge in [0.05, 0.1) is 22.7 Å². The van der Waals surface area contributed by atoms with Crippen molar-refractivity contribution in [1.82, 2.24) is 35.2 Å². The van der Waals surface area contributed by atoms with Crippen LogP contribution < -0.4 is 10.2 Å². The predicted octanol–water partition coefficient (Wildman–Crippen LogP) is 3.93. The van der Waals surface area contributed by atoms with E-state index in [0.29, 0.717) is 47.9 Å². The van der Waals surface area contributed by atoms with Gasteiger partial charge in [0.15, 0.2) is 0 Å². The monoisotopic (exact) mass is 750 g/mol. The zero-order chi connectivity index (χ0) is 38.0. The number of rotatable bonds is 6. The maximum atomic E-state index is 15.0. The summed E-state index contributed by atoms with van der Waals surface area (Å²) in [5.74, 6) is -5.31. The normalized spacial score (nSPS) is 27.4. The Kier molecular flexibility index (Phi) is 7.45. The van der Waals surface area contributed by atoms with Gasteiger partial charge in [-0.1, -0.05) is 13.0 Å². The number of benzene rings is 2. The van der Waals surface area contributed by atoms with Crippen molar-refractivity contribution in [2.45, 2.75) is 56.9 Å². The zero-order valence-electron chi connectivity index (χ0n) is 30.3. The summed E-state index contributed by atoms with van der Waals surface area (Å²) in [4.78, 5) is 75.0. The molecule has 3 N–H and O–H groups in total. The molecular formula is C40H40F2N8O5. The lowest BCUT2D eigenvalue weighted by Crippen LogP contribution is -2.59. The first-order valence-corrected chi connectivity index (χ1v) is 19.1. The third kappa shape index (κ3) is 5.18. The Hall–Kier alpha value is -5.44. The largest absolute Gasteiger partial charge is 0.371 e. The average molecular weight is 751 g/mol. The quantitative estimate of drug-likeness (QED) is 0.251. The van der Waals surface area contributed by atoms with E-state index in [2.05, 4.69) is 30.3 Å². The molecule has 0 spiro atoms. The van der Waals surface area contributed by atoms with Crippen LogP contribution in [0.1, 0.15) is 80.9 Å². The van der Waals surface area contributed by atoms with Crippen molar-refractivity contribution in [2.24, 2.45) is 11.3 Å². The standard InChI is InChI=1S/C40H40F2N8O5/c1-39-17-27(40(39,41)42)33-30(18-39)45-46-34(33)29-14-22-2-3-23(15-28(22)43-29)36(53)48-12-10-47(11-13-48)19-21-8-9-49(20-21)24-4-5-25-26(16-24)38(55)50(37(25)54)31-6-7-32(51)44-35(31)52/h2-5,14-16,21,27,31,43H,6-13,17-20H2,1H3,(H,45,46)(H,44,51,52)/t21-,27?,31?,39+/m1/s1. The van der Waals surface area contributed by atoms with Crippen LogP contribution in [0, 0.1) is 11.3 Å². The maximum absolute atomic E-state index is 15.0. The van der Waals surface area contributed by atoms with Crippen LogP contribution in [0.3, 0.4) is 0 Å². The molecule has 11 rings (SSSR count).